The van der Waals surface area contributed by atoms with Crippen LogP contribution in [0.3, 0.4) is 0 Å². The summed E-state index contributed by atoms with van der Waals surface area (Å²) in [5, 5.41) is 15.5. The fourth-order valence-corrected chi connectivity index (χ4v) is 4.09. The Morgan fingerprint density at radius 1 is 1.09 bits per heavy atom. The van der Waals surface area contributed by atoms with E-state index < -0.39 is 24.0 Å². The average Bonchev–Trinajstić information content (AvgIpc) is 2.82. The van der Waals surface area contributed by atoms with Gasteiger partial charge in [-0.2, -0.15) is 4.91 Å². The highest BCUT2D eigenvalue weighted by molar-refractivity contribution is 5.90. The zero-order valence-corrected chi connectivity index (χ0v) is 18.3. The largest absolute Gasteiger partial charge is 0.384 e. The summed E-state index contributed by atoms with van der Waals surface area (Å²) >= 11 is 0. The fourth-order valence-electron chi connectivity index (χ4n) is 4.09. The Hall–Kier alpha value is -2.88. The van der Waals surface area contributed by atoms with Crippen LogP contribution in [0.4, 0.5) is 4.39 Å². The Morgan fingerprint density at radius 3 is 2.58 bits per heavy atom. The molecule has 2 aromatic carbocycles. The number of hydrogen-bond acceptors (Lipinski definition) is 8. The molecule has 0 spiro atoms. The lowest BCUT2D eigenvalue weighted by atomic mass is 9.93. The first kappa shape index (κ1) is 24.8. The number of aliphatic hydroxyl groups is 1. The minimum atomic E-state index is -1.28. The predicted octanol–water partition coefficient (Wildman–Crippen LogP) is 3.70. The zero-order valence-electron chi connectivity index (χ0n) is 18.3. The maximum Gasteiger partial charge on any atom is 0.192 e. The number of benzene rings is 2. The Morgan fingerprint density at radius 2 is 1.88 bits per heavy atom. The molecule has 0 amide bonds. The van der Waals surface area contributed by atoms with E-state index in [0.29, 0.717) is 25.3 Å². The van der Waals surface area contributed by atoms with E-state index >= 15 is 0 Å². The second-order valence-corrected chi connectivity index (χ2v) is 8.14. The number of nitroso groups, excluding NO2 is 2. The van der Waals surface area contributed by atoms with E-state index in [2.05, 4.69) is 10.4 Å². The molecule has 9 heteroatoms. The third-order valence-electron chi connectivity index (χ3n) is 5.86. The minimum absolute atomic E-state index is 0.0616. The van der Waals surface area contributed by atoms with Crippen LogP contribution in [0.2, 0.25) is 0 Å². The summed E-state index contributed by atoms with van der Waals surface area (Å²) in [5.41, 5.74) is 2.14. The van der Waals surface area contributed by atoms with Crippen LogP contribution in [0, 0.1) is 15.6 Å². The van der Waals surface area contributed by atoms with Crippen molar-refractivity contribution in [3.63, 3.8) is 0 Å². The van der Waals surface area contributed by atoms with E-state index in [1.54, 1.807) is 11.0 Å². The quantitative estimate of drug-likeness (QED) is 0.385. The molecule has 8 nitrogen and oxygen atoms in total. The van der Waals surface area contributed by atoms with Gasteiger partial charge in [0.1, 0.15) is 11.9 Å². The van der Waals surface area contributed by atoms with Crippen molar-refractivity contribution in [2.45, 2.75) is 44.1 Å². The molecule has 1 aliphatic heterocycles. The summed E-state index contributed by atoms with van der Waals surface area (Å²) in [7, 11) is 0. The van der Waals surface area contributed by atoms with E-state index in [4.69, 9.17) is 4.74 Å². The smallest absolute Gasteiger partial charge is 0.192 e. The number of carbonyl (C=O) groups excluding carboxylic acids is 1. The summed E-state index contributed by atoms with van der Waals surface area (Å²) in [6.45, 7) is 1.15. The van der Waals surface area contributed by atoms with Crippen molar-refractivity contribution in [2.24, 2.45) is 10.4 Å². The van der Waals surface area contributed by atoms with Crippen LogP contribution in [-0.2, 0) is 16.1 Å². The van der Waals surface area contributed by atoms with Crippen LogP contribution in [0.5, 0.6) is 0 Å². The number of nitrogens with zero attached hydrogens (tertiary/aromatic N) is 3. The van der Waals surface area contributed by atoms with E-state index in [1.165, 1.54) is 6.07 Å². The zero-order chi connectivity index (χ0) is 23.6. The molecule has 3 rings (SSSR count). The average molecular weight is 458 g/mol. The van der Waals surface area contributed by atoms with E-state index in [1.807, 2.05) is 36.4 Å². The van der Waals surface area contributed by atoms with Crippen molar-refractivity contribution >= 4 is 5.78 Å². The van der Waals surface area contributed by atoms with Gasteiger partial charge in [0.25, 0.3) is 0 Å². The number of hydrogen-bond donors (Lipinski definition) is 1. The topological polar surface area (TPSA) is 109 Å². The van der Waals surface area contributed by atoms with Crippen molar-refractivity contribution in [3.8, 4) is 11.1 Å². The van der Waals surface area contributed by atoms with Crippen LogP contribution < -0.4 is 0 Å². The standard InChI is InChI=1S/C24H28FN3O5/c25-20-13-17(9-10-19(20)18-7-3-1-4-8-18)16-33-12-6-2-5-11-28-15-22(29)24(30)23(27-32)21(28)14-26-31/h1,3-4,7-10,13,21-23,29H,2,5-6,11-12,14-16H2/t21-,22-,23?/m0/s1. The Kier molecular flexibility index (Phi) is 9.29. The molecule has 33 heavy (non-hydrogen) atoms. The number of rotatable bonds is 12. The lowest BCUT2D eigenvalue weighted by Crippen LogP contribution is -2.59. The summed E-state index contributed by atoms with van der Waals surface area (Å²) in [4.78, 5) is 35.4. The van der Waals surface area contributed by atoms with Gasteiger partial charge in [0.05, 0.1) is 19.2 Å². The molecule has 0 radical (unpaired) electrons. The number of likely N-dealkylation sites (tertiary alicyclic amines) is 1. The highest BCUT2D eigenvalue weighted by Crippen LogP contribution is 2.24. The van der Waals surface area contributed by atoms with Crippen LogP contribution in [0.25, 0.3) is 11.1 Å². The predicted molar refractivity (Wildman–Crippen MR) is 122 cm³/mol. The molecule has 3 atom stereocenters. The second kappa shape index (κ2) is 12.4. The molecular weight excluding hydrogens is 429 g/mol. The minimum Gasteiger partial charge on any atom is -0.384 e. The van der Waals surface area contributed by atoms with Crippen molar-refractivity contribution in [1.29, 1.82) is 0 Å². The van der Waals surface area contributed by atoms with Crippen molar-refractivity contribution < 1.29 is 19.0 Å². The first-order chi connectivity index (χ1) is 16.0. The lowest BCUT2D eigenvalue weighted by molar-refractivity contribution is -0.135. The van der Waals surface area contributed by atoms with Gasteiger partial charge in [-0.15, -0.1) is 4.91 Å². The number of halogens is 1. The number of unbranched alkanes of at least 4 members (excludes halogenated alkanes) is 2. The summed E-state index contributed by atoms with van der Waals surface area (Å²) in [5.74, 6) is -0.941. The highest BCUT2D eigenvalue weighted by Gasteiger charge is 2.43. The van der Waals surface area contributed by atoms with Crippen LogP contribution in [0.15, 0.2) is 58.9 Å². The van der Waals surface area contributed by atoms with Gasteiger partial charge in [-0.3, -0.25) is 9.69 Å². The number of ether oxygens (including phenoxy) is 1. The van der Waals surface area contributed by atoms with Gasteiger partial charge in [-0.25, -0.2) is 4.39 Å². The normalized spacial score (nSPS) is 21.2. The van der Waals surface area contributed by atoms with Crippen molar-refractivity contribution in [3.05, 3.63) is 69.7 Å². The molecule has 0 saturated carbocycles. The van der Waals surface area contributed by atoms with Gasteiger partial charge in [0.2, 0.25) is 0 Å². The molecule has 2 aromatic rings. The number of piperidine rings is 1. The number of carbonyl (C=O) groups is 1. The third kappa shape index (κ3) is 6.56. The number of ketones is 1. The first-order valence-electron chi connectivity index (χ1n) is 11.0. The van der Waals surface area contributed by atoms with Gasteiger partial charge in [-0.05, 0) is 43.0 Å². The molecule has 0 aliphatic carbocycles. The highest BCUT2D eigenvalue weighted by atomic mass is 19.1. The van der Waals surface area contributed by atoms with Crippen LogP contribution >= 0.6 is 0 Å². The van der Waals surface area contributed by atoms with E-state index in [0.717, 1.165) is 30.4 Å². The summed E-state index contributed by atoms with van der Waals surface area (Å²) < 4.78 is 20.1. The maximum absolute atomic E-state index is 14.4. The Balaban J connectivity index is 1.38. The van der Waals surface area contributed by atoms with Gasteiger partial charge in [0, 0.05) is 18.7 Å². The maximum atomic E-state index is 14.4. The number of aliphatic hydroxyl groups excluding tert-OH is 1. The number of β-amino-alcohol motifs (C(OH)–C–C–N with tert-alkyl or cyclic N) is 1. The second-order valence-electron chi connectivity index (χ2n) is 8.14. The lowest BCUT2D eigenvalue weighted by Gasteiger charge is -2.38. The molecule has 1 N–H and O–H groups in total. The van der Waals surface area contributed by atoms with Gasteiger partial charge >= 0.3 is 0 Å². The molecule has 1 fully saturated rings. The molecule has 0 aromatic heterocycles. The molecule has 0 bridgehead atoms. The number of Topliss-reactive ketones (excluding diaryl/α,β-unsaturated/α-hetero) is 1. The monoisotopic (exact) mass is 457 g/mol. The molecule has 1 aliphatic rings. The molecule has 176 valence electrons. The molecule has 1 saturated heterocycles. The molecular formula is C24H28FN3O5. The van der Waals surface area contributed by atoms with Gasteiger partial charge < -0.3 is 9.84 Å². The summed E-state index contributed by atoms with van der Waals surface area (Å²) in [6, 6.07) is 12.5. The van der Waals surface area contributed by atoms with Crippen molar-refractivity contribution in [1.82, 2.24) is 4.90 Å². The third-order valence-corrected chi connectivity index (χ3v) is 5.86. The molecule has 1 heterocycles. The Bertz CT molecular complexity index is 943. The van der Waals surface area contributed by atoms with Crippen LogP contribution in [0.1, 0.15) is 24.8 Å². The first-order valence-corrected chi connectivity index (χ1v) is 11.0. The van der Waals surface area contributed by atoms with Gasteiger partial charge in [0.15, 0.2) is 11.8 Å². The SMILES string of the molecule is O=NC[C@H]1C(N=O)C(=O)[C@@H](O)CN1CCCCCOCc1ccc(-c2ccccc2)c(F)c1. The van der Waals surface area contributed by atoms with Crippen LogP contribution in [-0.4, -0.2) is 60.2 Å². The van der Waals surface area contributed by atoms with Crippen molar-refractivity contribution in [2.75, 3.05) is 26.2 Å². The molecule has 1 unspecified atom stereocenters. The van der Waals surface area contributed by atoms with E-state index in [9.17, 15) is 24.1 Å². The van der Waals surface area contributed by atoms with E-state index in [-0.39, 0.29) is 18.9 Å². The summed E-state index contributed by atoms with van der Waals surface area (Å²) in [6.07, 6.45) is 1.02. The fraction of sp³-hybridized carbons (Fsp3) is 0.458. The van der Waals surface area contributed by atoms with Gasteiger partial charge in [-0.1, -0.05) is 52.8 Å². The Labute approximate surface area is 191 Å².